The Morgan fingerprint density at radius 1 is 1.21 bits per heavy atom. The number of anilines is 2. The van der Waals surface area contributed by atoms with E-state index in [0.717, 1.165) is 37.3 Å². The molecule has 1 aromatic rings. The number of nitro benzene ring substituents is 1. The van der Waals surface area contributed by atoms with Crippen molar-refractivity contribution in [1.29, 1.82) is 0 Å². The number of nitrogens with zero attached hydrogens (tertiary/aromatic N) is 2. The van der Waals surface area contributed by atoms with E-state index in [4.69, 9.17) is 0 Å². The molecule has 0 aromatic heterocycles. The highest BCUT2D eigenvalue weighted by Gasteiger charge is 2.08. The number of hydrogen-bond acceptors (Lipinski definition) is 5. The van der Waals surface area contributed by atoms with Gasteiger partial charge in [-0.2, -0.15) is 0 Å². The summed E-state index contributed by atoms with van der Waals surface area (Å²) >= 11 is 0. The molecule has 19 heavy (non-hydrogen) atoms. The van der Waals surface area contributed by atoms with Gasteiger partial charge in [-0.05, 0) is 39.5 Å². The zero-order valence-electron chi connectivity index (χ0n) is 11.8. The summed E-state index contributed by atoms with van der Waals surface area (Å²) < 4.78 is 0. The molecular weight excluding hydrogens is 244 g/mol. The largest absolute Gasteiger partial charge is 0.388 e. The highest BCUT2D eigenvalue weighted by Crippen LogP contribution is 2.23. The van der Waals surface area contributed by atoms with Gasteiger partial charge in [0.15, 0.2) is 0 Å². The molecule has 0 atom stereocenters. The Kier molecular flexibility index (Phi) is 6.08. The lowest BCUT2D eigenvalue weighted by Gasteiger charge is -2.11. The van der Waals surface area contributed by atoms with E-state index in [1.165, 1.54) is 6.07 Å². The zero-order valence-corrected chi connectivity index (χ0v) is 11.8. The Labute approximate surface area is 113 Å². The maximum Gasteiger partial charge on any atom is 0.273 e. The van der Waals surface area contributed by atoms with Crippen molar-refractivity contribution in [2.24, 2.45) is 0 Å². The first-order valence-corrected chi connectivity index (χ1v) is 6.39. The van der Waals surface area contributed by atoms with Crippen molar-refractivity contribution in [2.75, 3.05) is 44.9 Å². The van der Waals surface area contributed by atoms with Gasteiger partial charge >= 0.3 is 0 Å². The normalized spacial score (nSPS) is 10.5. The van der Waals surface area contributed by atoms with Gasteiger partial charge in [0.2, 0.25) is 0 Å². The van der Waals surface area contributed by atoms with Gasteiger partial charge in [0, 0.05) is 37.1 Å². The molecule has 0 saturated carbocycles. The van der Waals surface area contributed by atoms with E-state index in [9.17, 15) is 10.1 Å². The van der Waals surface area contributed by atoms with Crippen LogP contribution in [0.2, 0.25) is 0 Å². The summed E-state index contributed by atoms with van der Waals surface area (Å²) in [5, 5.41) is 17.0. The molecule has 1 rings (SSSR count). The van der Waals surface area contributed by atoms with Crippen LogP contribution < -0.4 is 10.6 Å². The number of unbranched alkanes of at least 4 members (excludes halogenated alkanes) is 1. The number of rotatable bonds is 8. The number of nitrogens with one attached hydrogen (secondary N) is 2. The lowest BCUT2D eigenvalue weighted by atomic mass is 10.2. The van der Waals surface area contributed by atoms with Crippen LogP contribution in [-0.2, 0) is 0 Å². The average molecular weight is 266 g/mol. The first-order chi connectivity index (χ1) is 9.02. The fourth-order valence-electron chi connectivity index (χ4n) is 1.75. The topological polar surface area (TPSA) is 70.4 Å². The molecule has 0 unspecified atom stereocenters. The highest BCUT2D eigenvalue weighted by molar-refractivity contribution is 5.63. The zero-order chi connectivity index (χ0) is 14.3. The molecule has 0 spiro atoms. The van der Waals surface area contributed by atoms with E-state index in [2.05, 4.69) is 15.5 Å². The van der Waals surface area contributed by atoms with Crippen LogP contribution in [0.5, 0.6) is 0 Å². The van der Waals surface area contributed by atoms with Crippen molar-refractivity contribution in [2.45, 2.75) is 12.8 Å². The van der Waals surface area contributed by atoms with Gasteiger partial charge in [-0.15, -0.1) is 0 Å². The van der Waals surface area contributed by atoms with Crippen LogP contribution >= 0.6 is 0 Å². The minimum absolute atomic E-state index is 0.0997. The second kappa shape index (κ2) is 7.58. The van der Waals surface area contributed by atoms with E-state index in [-0.39, 0.29) is 10.6 Å². The maximum atomic E-state index is 10.8. The molecule has 0 aliphatic rings. The number of non-ortho nitro benzene ring substituents is 1. The average Bonchev–Trinajstić information content (AvgIpc) is 2.37. The Morgan fingerprint density at radius 2 is 1.89 bits per heavy atom. The molecule has 0 heterocycles. The van der Waals surface area contributed by atoms with E-state index in [0.29, 0.717) is 0 Å². The van der Waals surface area contributed by atoms with Gasteiger partial charge in [-0.1, -0.05) is 0 Å². The maximum absolute atomic E-state index is 10.8. The van der Waals surface area contributed by atoms with Crippen LogP contribution in [-0.4, -0.2) is 44.1 Å². The third-order valence-electron chi connectivity index (χ3n) is 2.78. The van der Waals surface area contributed by atoms with Gasteiger partial charge in [0.25, 0.3) is 5.69 Å². The fraction of sp³-hybridized carbons (Fsp3) is 0.538. The summed E-state index contributed by atoms with van der Waals surface area (Å²) in [6.45, 7) is 1.87. The van der Waals surface area contributed by atoms with Gasteiger partial charge < -0.3 is 15.5 Å². The molecule has 106 valence electrons. The molecule has 0 aliphatic heterocycles. The van der Waals surface area contributed by atoms with Crippen LogP contribution in [0.1, 0.15) is 12.8 Å². The van der Waals surface area contributed by atoms with Crippen molar-refractivity contribution in [3.05, 3.63) is 28.3 Å². The van der Waals surface area contributed by atoms with Crippen LogP contribution in [0, 0.1) is 10.1 Å². The van der Waals surface area contributed by atoms with E-state index in [1.807, 2.05) is 20.2 Å². The number of nitro groups is 1. The first-order valence-electron chi connectivity index (χ1n) is 6.39. The summed E-state index contributed by atoms with van der Waals surface area (Å²) in [4.78, 5) is 12.6. The van der Waals surface area contributed by atoms with Crippen molar-refractivity contribution in [1.82, 2.24) is 4.90 Å². The Morgan fingerprint density at radius 3 is 2.47 bits per heavy atom. The predicted octanol–water partition coefficient (Wildman–Crippen LogP) is 2.39. The smallest absolute Gasteiger partial charge is 0.273 e. The fourth-order valence-corrected chi connectivity index (χ4v) is 1.75. The molecule has 2 N–H and O–H groups in total. The lowest BCUT2D eigenvalue weighted by Crippen LogP contribution is -2.14. The quantitative estimate of drug-likeness (QED) is 0.429. The number of hydrogen-bond donors (Lipinski definition) is 2. The van der Waals surface area contributed by atoms with Crippen molar-refractivity contribution < 1.29 is 4.92 Å². The van der Waals surface area contributed by atoms with Gasteiger partial charge in [-0.25, -0.2) is 0 Å². The molecule has 0 saturated heterocycles. The predicted molar refractivity (Wildman–Crippen MR) is 78.9 cm³/mol. The summed E-state index contributed by atoms with van der Waals surface area (Å²) in [6.07, 6.45) is 2.14. The van der Waals surface area contributed by atoms with Crippen molar-refractivity contribution in [3.8, 4) is 0 Å². The molecule has 0 fully saturated rings. The monoisotopic (exact) mass is 266 g/mol. The molecule has 6 heteroatoms. The molecular formula is C13H22N4O2. The summed E-state index contributed by atoms with van der Waals surface area (Å²) in [6, 6.07) is 4.96. The standard InChI is InChI=1S/C13H22N4O2/c1-14-11-8-12(10-13(9-11)17(18)19)15-6-4-5-7-16(2)3/h8-10,14-15H,4-7H2,1-3H3. The minimum Gasteiger partial charge on any atom is -0.388 e. The minimum atomic E-state index is -0.377. The van der Waals surface area contributed by atoms with E-state index < -0.39 is 0 Å². The molecule has 0 aliphatic carbocycles. The third kappa shape index (κ3) is 5.56. The molecule has 6 nitrogen and oxygen atoms in total. The number of benzene rings is 1. The molecule has 0 radical (unpaired) electrons. The van der Waals surface area contributed by atoms with E-state index in [1.54, 1.807) is 13.1 Å². The summed E-state index contributed by atoms with van der Waals surface area (Å²) in [5.41, 5.74) is 1.62. The van der Waals surface area contributed by atoms with Crippen molar-refractivity contribution in [3.63, 3.8) is 0 Å². The Hall–Kier alpha value is -1.82. The van der Waals surface area contributed by atoms with Gasteiger partial charge in [0.05, 0.1) is 4.92 Å². The van der Waals surface area contributed by atoms with Crippen molar-refractivity contribution >= 4 is 17.1 Å². The summed E-state index contributed by atoms with van der Waals surface area (Å²) in [5.74, 6) is 0. The second-order valence-corrected chi connectivity index (χ2v) is 4.71. The SMILES string of the molecule is CNc1cc(NCCCCN(C)C)cc([N+](=O)[O-])c1. The van der Waals surface area contributed by atoms with Crippen LogP contribution in [0.15, 0.2) is 18.2 Å². The van der Waals surface area contributed by atoms with Gasteiger partial charge in [0.1, 0.15) is 0 Å². The molecule has 0 amide bonds. The molecule has 1 aromatic carbocycles. The van der Waals surface area contributed by atoms with Crippen LogP contribution in [0.3, 0.4) is 0 Å². The first kappa shape index (κ1) is 15.2. The lowest BCUT2D eigenvalue weighted by molar-refractivity contribution is -0.384. The van der Waals surface area contributed by atoms with Crippen LogP contribution in [0.25, 0.3) is 0 Å². The highest BCUT2D eigenvalue weighted by atomic mass is 16.6. The summed E-state index contributed by atoms with van der Waals surface area (Å²) in [7, 11) is 5.85. The van der Waals surface area contributed by atoms with Gasteiger partial charge in [-0.3, -0.25) is 10.1 Å². The Balaban J connectivity index is 2.53. The molecule has 0 bridgehead atoms. The van der Waals surface area contributed by atoms with Crippen LogP contribution in [0.4, 0.5) is 17.1 Å². The Bertz CT molecular complexity index is 421. The van der Waals surface area contributed by atoms with E-state index >= 15 is 0 Å². The third-order valence-corrected chi connectivity index (χ3v) is 2.78. The second-order valence-electron chi connectivity index (χ2n) is 4.71.